The molecular formula is C20H20N2O3. The molecule has 0 bridgehead atoms. The Hall–Kier alpha value is -2.95. The molecule has 25 heavy (non-hydrogen) atoms. The second kappa shape index (κ2) is 7.30. The van der Waals surface area contributed by atoms with Gasteiger partial charge in [0.05, 0.1) is 0 Å². The number of nitrogens with zero attached hydrogens (tertiary/aromatic N) is 1. The third-order valence-electron chi connectivity index (χ3n) is 4.30. The summed E-state index contributed by atoms with van der Waals surface area (Å²) >= 11 is 0. The monoisotopic (exact) mass is 336 g/mol. The molecule has 5 nitrogen and oxygen atoms in total. The molecule has 128 valence electrons. The summed E-state index contributed by atoms with van der Waals surface area (Å²) in [5.41, 5.74) is 3.19. The summed E-state index contributed by atoms with van der Waals surface area (Å²) in [5, 5.41) is 2.70. The first-order valence-electron chi connectivity index (χ1n) is 8.34. The van der Waals surface area contributed by atoms with E-state index in [1.807, 2.05) is 24.3 Å². The van der Waals surface area contributed by atoms with Crippen LogP contribution in [0.5, 0.6) is 0 Å². The fourth-order valence-electron chi connectivity index (χ4n) is 3.02. The topological polar surface area (TPSA) is 66.5 Å². The number of hydrogen-bond donors (Lipinski definition) is 1. The quantitative estimate of drug-likeness (QED) is 0.689. The van der Waals surface area contributed by atoms with Crippen molar-refractivity contribution in [2.24, 2.45) is 0 Å². The molecule has 0 unspecified atom stereocenters. The number of fused-ring (bicyclic) bond motifs is 1. The van der Waals surface area contributed by atoms with Crippen LogP contribution in [0.1, 0.15) is 35.7 Å². The van der Waals surface area contributed by atoms with Crippen molar-refractivity contribution in [3.8, 4) is 0 Å². The van der Waals surface area contributed by atoms with Gasteiger partial charge >= 0.3 is 0 Å². The van der Waals surface area contributed by atoms with Crippen LogP contribution in [0.3, 0.4) is 0 Å². The van der Waals surface area contributed by atoms with Crippen molar-refractivity contribution in [1.82, 2.24) is 0 Å². The zero-order valence-electron chi connectivity index (χ0n) is 14.1. The van der Waals surface area contributed by atoms with Gasteiger partial charge in [-0.05, 0) is 55.7 Å². The summed E-state index contributed by atoms with van der Waals surface area (Å²) in [6.45, 7) is 2.12. The Labute approximate surface area is 146 Å². The van der Waals surface area contributed by atoms with Crippen LogP contribution in [0.2, 0.25) is 0 Å². The van der Waals surface area contributed by atoms with Crippen LogP contribution >= 0.6 is 0 Å². The third-order valence-corrected chi connectivity index (χ3v) is 4.30. The minimum Gasteiger partial charge on any atom is -0.326 e. The van der Waals surface area contributed by atoms with Gasteiger partial charge in [-0.2, -0.15) is 0 Å². The van der Waals surface area contributed by atoms with Crippen LogP contribution in [0.25, 0.3) is 0 Å². The molecule has 1 N–H and O–H groups in total. The molecule has 0 aliphatic carbocycles. The van der Waals surface area contributed by atoms with Gasteiger partial charge in [-0.1, -0.05) is 18.2 Å². The molecule has 2 aromatic rings. The first kappa shape index (κ1) is 16.9. The van der Waals surface area contributed by atoms with E-state index in [0.29, 0.717) is 17.8 Å². The predicted octanol–water partition coefficient (Wildman–Crippen LogP) is 3.20. The molecule has 0 radical (unpaired) electrons. The average molecular weight is 336 g/mol. The molecule has 1 aliphatic heterocycles. The maximum atomic E-state index is 12.5. The highest BCUT2D eigenvalue weighted by Gasteiger charge is 2.23. The highest BCUT2D eigenvalue weighted by Crippen LogP contribution is 2.27. The SMILES string of the molecule is CC(=O)c1ccc(NC(=O)CC(=O)N2CCCc3ccccc32)cc1. The second-order valence-electron chi connectivity index (χ2n) is 6.14. The molecule has 2 aromatic carbocycles. The Balaban J connectivity index is 1.63. The standard InChI is InChI=1S/C20H20N2O3/c1-14(23)15-8-10-17(11-9-15)21-19(24)13-20(25)22-12-4-6-16-5-2-3-7-18(16)22/h2-3,5,7-11H,4,6,12-13H2,1H3,(H,21,24). The number of ketones is 1. The van der Waals surface area contributed by atoms with Crippen LogP contribution in [-0.4, -0.2) is 24.1 Å². The average Bonchev–Trinajstić information content (AvgIpc) is 2.61. The molecular weight excluding hydrogens is 316 g/mol. The van der Waals surface area contributed by atoms with Crippen molar-refractivity contribution in [2.45, 2.75) is 26.2 Å². The number of aryl methyl sites for hydroxylation is 1. The fraction of sp³-hybridized carbons (Fsp3) is 0.250. The summed E-state index contributed by atoms with van der Waals surface area (Å²) in [6, 6.07) is 14.4. The first-order valence-corrected chi connectivity index (χ1v) is 8.34. The highest BCUT2D eigenvalue weighted by atomic mass is 16.2. The number of benzene rings is 2. The zero-order chi connectivity index (χ0) is 17.8. The lowest BCUT2D eigenvalue weighted by Gasteiger charge is -2.29. The van der Waals surface area contributed by atoms with Gasteiger partial charge in [0.2, 0.25) is 11.8 Å². The van der Waals surface area contributed by atoms with Crippen molar-refractivity contribution in [3.05, 3.63) is 59.7 Å². The zero-order valence-corrected chi connectivity index (χ0v) is 14.1. The number of para-hydroxylation sites is 1. The van der Waals surface area contributed by atoms with Crippen LogP contribution in [0.15, 0.2) is 48.5 Å². The summed E-state index contributed by atoms with van der Waals surface area (Å²) in [5.74, 6) is -0.592. The molecule has 1 aliphatic rings. The van der Waals surface area contributed by atoms with E-state index < -0.39 is 0 Å². The van der Waals surface area contributed by atoms with Gasteiger partial charge in [-0.15, -0.1) is 0 Å². The van der Waals surface area contributed by atoms with E-state index in [1.54, 1.807) is 29.2 Å². The van der Waals surface area contributed by atoms with Crippen molar-refractivity contribution in [2.75, 3.05) is 16.8 Å². The van der Waals surface area contributed by atoms with E-state index in [-0.39, 0.29) is 24.0 Å². The molecule has 0 saturated carbocycles. The molecule has 2 amide bonds. The van der Waals surface area contributed by atoms with Gasteiger partial charge in [0.25, 0.3) is 0 Å². The number of anilines is 2. The summed E-state index contributed by atoms with van der Waals surface area (Å²) in [4.78, 5) is 37.7. The second-order valence-corrected chi connectivity index (χ2v) is 6.14. The van der Waals surface area contributed by atoms with E-state index in [2.05, 4.69) is 5.32 Å². The Morgan fingerprint density at radius 3 is 2.48 bits per heavy atom. The van der Waals surface area contributed by atoms with E-state index in [9.17, 15) is 14.4 Å². The van der Waals surface area contributed by atoms with Crippen LogP contribution in [0, 0.1) is 0 Å². The number of hydrogen-bond acceptors (Lipinski definition) is 3. The Morgan fingerprint density at radius 2 is 1.76 bits per heavy atom. The largest absolute Gasteiger partial charge is 0.326 e. The minimum atomic E-state index is -0.358. The molecule has 0 fully saturated rings. The fourth-order valence-corrected chi connectivity index (χ4v) is 3.02. The summed E-state index contributed by atoms with van der Waals surface area (Å²) in [7, 11) is 0. The highest BCUT2D eigenvalue weighted by molar-refractivity contribution is 6.09. The van der Waals surface area contributed by atoms with E-state index in [4.69, 9.17) is 0 Å². The molecule has 3 rings (SSSR count). The lowest BCUT2D eigenvalue weighted by Crippen LogP contribution is -2.37. The molecule has 0 aromatic heterocycles. The van der Waals surface area contributed by atoms with Gasteiger partial charge in [0.15, 0.2) is 5.78 Å². The van der Waals surface area contributed by atoms with Crippen LogP contribution < -0.4 is 10.2 Å². The van der Waals surface area contributed by atoms with Crippen molar-refractivity contribution in [1.29, 1.82) is 0 Å². The Kier molecular flexibility index (Phi) is 4.93. The minimum absolute atomic E-state index is 0.0307. The smallest absolute Gasteiger partial charge is 0.236 e. The number of Topliss-reactive ketones (excluding diaryl/α,β-unsaturated/α-hetero) is 1. The lowest BCUT2D eigenvalue weighted by atomic mass is 10.0. The summed E-state index contributed by atoms with van der Waals surface area (Å²) < 4.78 is 0. The normalized spacial score (nSPS) is 13.1. The summed E-state index contributed by atoms with van der Waals surface area (Å²) in [6.07, 6.45) is 1.65. The first-order chi connectivity index (χ1) is 12.0. The van der Waals surface area contributed by atoms with Crippen molar-refractivity contribution < 1.29 is 14.4 Å². The van der Waals surface area contributed by atoms with Gasteiger partial charge in [-0.25, -0.2) is 0 Å². The molecule has 1 heterocycles. The predicted molar refractivity (Wildman–Crippen MR) is 96.8 cm³/mol. The number of nitrogens with one attached hydrogen (secondary N) is 1. The Bertz CT molecular complexity index is 812. The third kappa shape index (κ3) is 3.94. The number of carbonyl (C=O) groups excluding carboxylic acids is 3. The molecule has 5 heteroatoms. The van der Waals surface area contributed by atoms with E-state index >= 15 is 0 Å². The lowest BCUT2D eigenvalue weighted by molar-refractivity contribution is -0.125. The van der Waals surface area contributed by atoms with E-state index in [1.165, 1.54) is 6.92 Å². The number of rotatable bonds is 4. The number of carbonyl (C=O) groups is 3. The molecule has 0 spiro atoms. The van der Waals surface area contributed by atoms with Crippen LogP contribution in [-0.2, 0) is 16.0 Å². The number of amides is 2. The maximum Gasteiger partial charge on any atom is 0.236 e. The van der Waals surface area contributed by atoms with Gasteiger partial charge in [0.1, 0.15) is 6.42 Å². The van der Waals surface area contributed by atoms with Crippen molar-refractivity contribution in [3.63, 3.8) is 0 Å². The molecule has 0 atom stereocenters. The maximum absolute atomic E-state index is 12.5. The van der Waals surface area contributed by atoms with Gasteiger partial charge in [0, 0.05) is 23.5 Å². The molecule has 0 saturated heterocycles. The van der Waals surface area contributed by atoms with E-state index in [0.717, 1.165) is 24.1 Å². The van der Waals surface area contributed by atoms with Crippen molar-refractivity contribution >= 4 is 29.0 Å². The van der Waals surface area contributed by atoms with Gasteiger partial charge < -0.3 is 10.2 Å². The van der Waals surface area contributed by atoms with Gasteiger partial charge in [-0.3, -0.25) is 14.4 Å². The Morgan fingerprint density at radius 1 is 1.04 bits per heavy atom. The van der Waals surface area contributed by atoms with Crippen LogP contribution in [0.4, 0.5) is 11.4 Å².